The van der Waals surface area contributed by atoms with E-state index < -0.39 is 10.6 Å². The Morgan fingerprint density at radius 3 is 1.60 bits per heavy atom. The van der Waals surface area contributed by atoms with Crippen LogP contribution >= 0.6 is 10.6 Å². The summed E-state index contributed by atoms with van der Waals surface area (Å²) in [5, 5.41) is 16.9. The zero-order valence-corrected chi connectivity index (χ0v) is 10.2. The number of unbranched alkanes of at least 4 members (excludes halogenated alkanes) is 2. The first-order valence-corrected chi connectivity index (χ1v) is 6.70. The lowest BCUT2D eigenvalue weighted by molar-refractivity contribution is 0.344. The summed E-state index contributed by atoms with van der Waals surface area (Å²) in [6.45, 7) is 0. The molecule has 0 unspecified atom stereocenters. The molecule has 0 aliphatic rings. The Morgan fingerprint density at radius 2 is 1.33 bits per heavy atom. The normalized spacial score (nSPS) is 11.7. The van der Waals surface area contributed by atoms with Crippen molar-refractivity contribution in [1.29, 1.82) is 10.5 Å². The first-order chi connectivity index (χ1) is 7.24. The lowest BCUT2D eigenvalue weighted by Crippen LogP contribution is -2.13. The Balaban J connectivity index is 4.07. The monoisotopic (exact) mass is 230 g/mol. The molecule has 0 saturated carbocycles. The smallest absolute Gasteiger partial charge is 0.0622 e. The highest BCUT2D eigenvalue weighted by atomic mass is 32.3. The van der Waals surface area contributed by atoms with Crippen LogP contribution in [0.4, 0.5) is 0 Å². The molecular formula is C10H18N2O2S. The van der Waals surface area contributed by atoms with Crippen LogP contribution in [0.25, 0.3) is 0 Å². The molecule has 0 aromatic heterocycles. The molecule has 0 amide bonds. The summed E-state index contributed by atoms with van der Waals surface area (Å²) in [4.78, 5) is 0. The molecule has 15 heavy (non-hydrogen) atoms. The second-order valence-corrected chi connectivity index (χ2v) is 5.98. The van der Waals surface area contributed by atoms with Crippen molar-refractivity contribution < 1.29 is 8.37 Å². The van der Waals surface area contributed by atoms with Crippen molar-refractivity contribution in [2.45, 2.75) is 25.7 Å². The van der Waals surface area contributed by atoms with Crippen molar-refractivity contribution in [3.05, 3.63) is 0 Å². The van der Waals surface area contributed by atoms with Gasteiger partial charge in [-0.2, -0.15) is 21.1 Å². The van der Waals surface area contributed by atoms with Crippen LogP contribution in [0, 0.1) is 22.7 Å². The lowest BCUT2D eigenvalue weighted by Gasteiger charge is -2.40. The van der Waals surface area contributed by atoms with Crippen molar-refractivity contribution in [3.8, 4) is 12.1 Å². The first kappa shape index (κ1) is 14.2. The third-order valence-corrected chi connectivity index (χ3v) is 5.13. The van der Waals surface area contributed by atoms with Crippen LogP contribution < -0.4 is 0 Å². The van der Waals surface area contributed by atoms with E-state index in [1.54, 1.807) is 14.2 Å². The zero-order chi connectivity index (χ0) is 11.6. The van der Waals surface area contributed by atoms with Crippen molar-refractivity contribution in [3.63, 3.8) is 0 Å². The van der Waals surface area contributed by atoms with Gasteiger partial charge in [-0.3, -0.25) is 8.37 Å². The van der Waals surface area contributed by atoms with Gasteiger partial charge in [0.2, 0.25) is 0 Å². The average molecular weight is 230 g/mol. The summed E-state index contributed by atoms with van der Waals surface area (Å²) in [5.41, 5.74) is 0. The molecule has 0 fully saturated rings. The van der Waals surface area contributed by atoms with Crippen LogP contribution in [-0.4, -0.2) is 25.7 Å². The van der Waals surface area contributed by atoms with Gasteiger partial charge < -0.3 is 0 Å². The summed E-state index contributed by atoms with van der Waals surface area (Å²) < 4.78 is 10.8. The van der Waals surface area contributed by atoms with Gasteiger partial charge >= 0.3 is 0 Å². The minimum Gasteiger partial charge on any atom is -0.288 e. The number of hydrogen-bond donors (Lipinski definition) is 0. The fourth-order valence-electron chi connectivity index (χ4n) is 1.25. The zero-order valence-electron chi connectivity index (χ0n) is 9.36. The summed E-state index contributed by atoms with van der Waals surface area (Å²) in [5.74, 6) is 1.55. The molecule has 0 aliphatic carbocycles. The van der Waals surface area contributed by atoms with Crippen LogP contribution in [0.1, 0.15) is 25.7 Å². The fourth-order valence-corrected chi connectivity index (χ4v) is 3.42. The van der Waals surface area contributed by atoms with Gasteiger partial charge in [-0.1, -0.05) is 0 Å². The molecule has 86 valence electrons. The van der Waals surface area contributed by atoms with Gasteiger partial charge in [0.1, 0.15) is 0 Å². The Hall–Kier alpha value is -0.750. The lowest BCUT2D eigenvalue weighted by atomic mass is 10.4. The molecule has 4 nitrogen and oxygen atoms in total. The van der Waals surface area contributed by atoms with E-state index in [2.05, 4.69) is 12.1 Å². The SMILES string of the molecule is COS(CCCC#N)(CCCC#N)OC. The van der Waals surface area contributed by atoms with E-state index in [0.717, 1.165) is 24.3 Å². The van der Waals surface area contributed by atoms with E-state index in [1.807, 2.05) is 0 Å². The number of nitrogens with zero attached hydrogens (tertiary/aromatic N) is 2. The topological polar surface area (TPSA) is 66.0 Å². The molecule has 0 rings (SSSR count). The summed E-state index contributed by atoms with van der Waals surface area (Å²) in [6.07, 6.45) is 2.64. The Morgan fingerprint density at radius 1 is 0.933 bits per heavy atom. The Bertz CT molecular complexity index is 219. The highest BCUT2D eigenvalue weighted by molar-refractivity contribution is 8.25. The largest absolute Gasteiger partial charge is 0.288 e. The van der Waals surface area contributed by atoms with Crippen molar-refractivity contribution >= 4 is 10.6 Å². The maximum Gasteiger partial charge on any atom is 0.0622 e. The molecule has 5 heteroatoms. The van der Waals surface area contributed by atoms with E-state index in [9.17, 15) is 0 Å². The van der Waals surface area contributed by atoms with Crippen molar-refractivity contribution in [1.82, 2.24) is 0 Å². The molecule has 0 heterocycles. The fraction of sp³-hybridized carbons (Fsp3) is 0.800. The van der Waals surface area contributed by atoms with Crippen molar-refractivity contribution in [2.75, 3.05) is 25.7 Å². The predicted octanol–water partition coefficient (Wildman–Crippen LogP) is 2.52. The Labute approximate surface area is 93.5 Å². The second kappa shape index (κ2) is 8.55. The van der Waals surface area contributed by atoms with Gasteiger partial charge in [-0.25, -0.2) is 0 Å². The third kappa shape index (κ3) is 5.64. The molecule has 0 radical (unpaired) electrons. The standard InChI is InChI=1S/C10H18N2O2S/c1-13-15(14-2,9-5-3-7-11)10-6-4-8-12/h3-6,9-10H2,1-2H3. The average Bonchev–Trinajstić information content (AvgIpc) is 2.28. The molecule has 0 aromatic rings. The minimum atomic E-state index is -1.52. The predicted molar refractivity (Wildman–Crippen MR) is 61.0 cm³/mol. The Kier molecular flexibility index (Phi) is 8.12. The molecule has 0 aromatic carbocycles. The molecule has 0 saturated heterocycles. The maximum atomic E-state index is 8.46. The number of rotatable bonds is 8. The summed E-state index contributed by atoms with van der Waals surface area (Å²) >= 11 is 0. The van der Waals surface area contributed by atoms with E-state index in [-0.39, 0.29) is 0 Å². The maximum absolute atomic E-state index is 8.46. The number of nitriles is 2. The molecule has 0 bridgehead atoms. The van der Waals surface area contributed by atoms with Gasteiger partial charge in [0, 0.05) is 24.3 Å². The highest BCUT2D eigenvalue weighted by Gasteiger charge is 2.17. The van der Waals surface area contributed by atoms with Crippen LogP contribution in [0.2, 0.25) is 0 Å². The van der Waals surface area contributed by atoms with Crippen LogP contribution in [0.5, 0.6) is 0 Å². The summed E-state index contributed by atoms with van der Waals surface area (Å²) in [7, 11) is 1.75. The summed E-state index contributed by atoms with van der Waals surface area (Å²) in [6, 6.07) is 4.21. The molecule has 0 N–H and O–H groups in total. The minimum absolute atomic E-state index is 0.528. The van der Waals surface area contributed by atoms with E-state index >= 15 is 0 Å². The van der Waals surface area contributed by atoms with Gasteiger partial charge in [-0.05, 0) is 12.8 Å². The first-order valence-electron chi connectivity index (χ1n) is 4.88. The van der Waals surface area contributed by atoms with Gasteiger partial charge in [0.25, 0.3) is 0 Å². The van der Waals surface area contributed by atoms with E-state index in [0.29, 0.717) is 12.8 Å². The quantitative estimate of drug-likeness (QED) is 0.601. The van der Waals surface area contributed by atoms with E-state index in [4.69, 9.17) is 18.9 Å². The molecule has 0 spiro atoms. The van der Waals surface area contributed by atoms with Gasteiger partial charge in [0.05, 0.1) is 26.4 Å². The van der Waals surface area contributed by atoms with E-state index in [1.165, 1.54) is 0 Å². The van der Waals surface area contributed by atoms with Crippen LogP contribution in [0.3, 0.4) is 0 Å². The molecule has 0 atom stereocenters. The molecular weight excluding hydrogens is 212 g/mol. The second-order valence-electron chi connectivity index (χ2n) is 3.01. The van der Waals surface area contributed by atoms with Crippen LogP contribution in [-0.2, 0) is 8.37 Å². The van der Waals surface area contributed by atoms with Crippen LogP contribution in [0.15, 0.2) is 0 Å². The highest BCUT2D eigenvalue weighted by Crippen LogP contribution is 2.50. The van der Waals surface area contributed by atoms with Gasteiger partial charge in [0.15, 0.2) is 0 Å². The van der Waals surface area contributed by atoms with Crippen molar-refractivity contribution in [2.24, 2.45) is 0 Å². The number of hydrogen-bond acceptors (Lipinski definition) is 4. The van der Waals surface area contributed by atoms with Gasteiger partial charge in [-0.15, -0.1) is 0 Å². The molecule has 0 aliphatic heterocycles. The third-order valence-electron chi connectivity index (χ3n) is 2.10.